The van der Waals surface area contributed by atoms with Crippen LogP contribution in [0.3, 0.4) is 0 Å². The normalized spacial score (nSPS) is 12.5. The van der Waals surface area contributed by atoms with Crippen molar-refractivity contribution in [3.05, 3.63) is 28.8 Å². The average molecular weight is 236 g/mol. The lowest BCUT2D eigenvalue weighted by Gasteiger charge is -2.14. The zero-order valence-corrected chi connectivity index (χ0v) is 11.4. The summed E-state index contributed by atoms with van der Waals surface area (Å²) in [6.45, 7) is 8.94. The Balaban J connectivity index is 2.47. The van der Waals surface area contributed by atoms with Gasteiger partial charge in [0.25, 0.3) is 0 Å². The summed E-state index contributed by atoms with van der Waals surface area (Å²) in [4.78, 5) is 0. The summed E-state index contributed by atoms with van der Waals surface area (Å²) in [5, 5.41) is 9.45. The number of hydrogen-bond acceptors (Lipinski definition) is 2. The third-order valence-corrected chi connectivity index (χ3v) is 3.00. The third-order valence-electron chi connectivity index (χ3n) is 3.00. The Labute approximate surface area is 105 Å². The largest absolute Gasteiger partial charge is 0.493 e. The quantitative estimate of drug-likeness (QED) is 0.765. The molecule has 0 fully saturated rings. The van der Waals surface area contributed by atoms with Crippen molar-refractivity contribution in [3.8, 4) is 5.75 Å². The van der Waals surface area contributed by atoms with E-state index in [4.69, 9.17) is 4.74 Å². The highest BCUT2D eigenvalue weighted by Crippen LogP contribution is 2.24. The van der Waals surface area contributed by atoms with Crippen LogP contribution in [0.15, 0.2) is 12.1 Å². The fourth-order valence-electron chi connectivity index (χ4n) is 2.09. The van der Waals surface area contributed by atoms with Crippen molar-refractivity contribution in [2.45, 2.75) is 53.1 Å². The SMILES string of the molecule is CCC(O)CCCOc1c(C)cc(C)cc1C. The molecule has 0 aliphatic rings. The first-order chi connectivity index (χ1) is 8.04. The van der Waals surface area contributed by atoms with E-state index in [0.29, 0.717) is 6.61 Å². The van der Waals surface area contributed by atoms with Crippen LogP contribution >= 0.6 is 0 Å². The van der Waals surface area contributed by atoms with Gasteiger partial charge in [-0.05, 0) is 51.2 Å². The van der Waals surface area contributed by atoms with Gasteiger partial charge < -0.3 is 9.84 Å². The molecule has 1 unspecified atom stereocenters. The van der Waals surface area contributed by atoms with Crippen LogP contribution < -0.4 is 4.74 Å². The van der Waals surface area contributed by atoms with Gasteiger partial charge in [0, 0.05) is 0 Å². The van der Waals surface area contributed by atoms with Gasteiger partial charge in [0.15, 0.2) is 0 Å². The molecule has 2 nitrogen and oxygen atoms in total. The third kappa shape index (κ3) is 4.39. The average Bonchev–Trinajstić information content (AvgIpc) is 2.26. The van der Waals surface area contributed by atoms with Crippen molar-refractivity contribution in [3.63, 3.8) is 0 Å². The molecule has 1 rings (SSSR count). The minimum atomic E-state index is -0.182. The molecule has 1 aromatic carbocycles. The Hall–Kier alpha value is -1.02. The van der Waals surface area contributed by atoms with Gasteiger partial charge >= 0.3 is 0 Å². The number of hydrogen-bond donors (Lipinski definition) is 1. The number of aliphatic hydroxyl groups excluding tert-OH is 1. The summed E-state index contributed by atoms with van der Waals surface area (Å²) < 4.78 is 5.81. The van der Waals surface area contributed by atoms with E-state index in [1.54, 1.807) is 0 Å². The van der Waals surface area contributed by atoms with Crippen LogP contribution in [0.5, 0.6) is 5.75 Å². The molecular weight excluding hydrogens is 212 g/mol. The molecule has 1 atom stereocenters. The minimum absolute atomic E-state index is 0.182. The second-order valence-corrected chi connectivity index (χ2v) is 4.78. The van der Waals surface area contributed by atoms with Crippen molar-refractivity contribution in [1.29, 1.82) is 0 Å². The van der Waals surface area contributed by atoms with Crippen molar-refractivity contribution in [2.24, 2.45) is 0 Å². The molecule has 0 amide bonds. The van der Waals surface area contributed by atoms with E-state index in [2.05, 4.69) is 32.9 Å². The van der Waals surface area contributed by atoms with Crippen LogP contribution in [0.1, 0.15) is 42.9 Å². The van der Waals surface area contributed by atoms with Crippen LogP contribution in [0.25, 0.3) is 0 Å². The summed E-state index contributed by atoms with van der Waals surface area (Å²) >= 11 is 0. The first-order valence-electron chi connectivity index (χ1n) is 6.43. The Kier molecular flexibility index (Phi) is 5.49. The predicted molar refractivity (Wildman–Crippen MR) is 71.7 cm³/mol. The van der Waals surface area contributed by atoms with Crippen LogP contribution in [0, 0.1) is 20.8 Å². The molecule has 0 bridgehead atoms. The summed E-state index contributed by atoms with van der Waals surface area (Å²) in [6.07, 6.45) is 2.36. The molecule has 0 saturated heterocycles. The van der Waals surface area contributed by atoms with E-state index >= 15 is 0 Å². The second kappa shape index (κ2) is 6.65. The lowest BCUT2D eigenvalue weighted by molar-refractivity contribution is 0.148. The lowest BCUT2D eigenvalue weighted by atomic mass is 10.1. The Morgan fingerprint density at radius 3 is 2.29 bits per heavy atom. The number of aryl methyl sites for hydroxylation is 3. The lowest BCUT2D eigenvalue weighted by Crippen LogP contribution is -2.08. The Morgan fingerprint density at radius 2 is 1.76 bits per heavy atom. The summed E-state index contributed by atoms with van der Waals surface area (Å²) in [6, 6.07) is 4.28. The molecule has 0 saturated carbocycles. The predicted octanol–water partition coefficient (Wildman–Crippen LogP) is 3.54. The maximum absolute atomic E-state index is 9.45. The topological polar surface area (TPSA) is 29.5 Å². The fourth-order valence-corrected chi connectivity index (χ4v) is 2.09. The fraction of sp³-hybridized carbons (Fsp3) is 0.600. The first kappa shape index (κ1) is 14.0. The maximum Gasteiger partial charge on any atom is 0.125 e. The molecular formula is C15H24O2. The van der Waals surface area contributed by atoms with Crippen molar-refractivity contribution in [1.82, 2.24) is 0 Å². The molecule has 0 radical (unpaired) electrons. The van der Waals surface area contributed by atoms with E-state index in [0.717, 1.165) is 25.0 Å². The number of aliphatic hydroxyl groups is 1. The summed E-state index contributed by atoms with van der Waals surface area (Å²) in [5.74, 6) is 1.00. The van der Waals surface area contributed by atoms with Crippen LogP contribution in [-0.4, -0.2) is 17.8 Å². The number of rotatable bonds is 6. The second-order valence-electron chi connectivity index (χ2n) is 4.78. The van der Waals surface area contributed by atoms with Crippen molar-refractivity contribution >= 4 is 0 Å². The molecule has 96 valence electrons. The minimum Gasteiger partial charge on any atom is -0.493 e. The van der Waals surface area contributed by atoms with Crippen LogP contribution in [-0.2, 0) is 0 Å². The standard InChI is InChI=1S/C15H24O2/c1-5-14(16)7-6-8-17-15-12(3)9-11(2)10-13(15)4/h9-10,14,16H,5-8H2,1-4H3. The molecule has 0 heterocycles. The molecule has 0 aromatic heterocycles. The zero-order valence-electron chi connectivity index (χ0n) is 11.4. The monoisotopic (exact) mass is 236 g/mol. The Bertz CT molecular complexity index is 335. The molecule has 2 heteroatoms. The van der Waals surface area contributed by atoms with E-state index in [1.807, 2.05) is 6.92 Å². The van der Waals surface area contributed by atoms with Gasteiger partial charge in [-0.25, -0.2) is 0 Å². The van der Waals surface area contributed by atoms with Gasteiger partial charge in [0.1, 0.15) is 5.75 Å². The van der Waals surface area contributed by atoms with Gasteiger partial charge in [-0.2, -0.15) is 0 Å². The zero-order chi connectivity index (χ0) is 12.8. The van der Waals surface area contributed by atoms with Gasteiger partial charge in [-0.1, -0.05) is 24.6 Å². The first-order valence-corrected chi connectivity index (χ1v) is 6.43. The molecule has 1 aromatic rings. The molecule has 0 aliphatic heterocycles. The maximum atomic E-state index is 9.45. The van der Waals surface area contributed by atoms with Gasteiger partial charge in [0.2, 0.25) is 0 Å². The highest BCUT2D eigenvalue weighted by molar-refractivity contribution is 5.42. The van der Waals surface area contributed by atoms with E-state index in [-0.39, 0.29) is 6.10 Å². The van der Waals surface area contributed by atoms with Gasteiger partial charge in [0.05, 0.1) is 12.7 Å². The van der Waals surface area contributed by atoms with Gasteiger partial charge in [-0.3, -0.25) is 0 Å². The van der Waals surface area contributed by atoms with E-state index in [1.165, 1.54) is 16.7 Å². The molecule has 1 N–H and O–H groups in total. The van der Waals surface area contributed by atoms with E-state index < -0.39 is 0 Å². The summed E-state index contributed by atoms with van der Waals surface area (Å²) in [7, 11) is 0. The van der Waals surface area contributed by atoms with Crippen molar-refractivity contribution < 1.29 is 9.84 Å². The van der Waals surface area contributed by atoms with Gasteiger partial charge in [-0.15, -0.1) is 0 Å². The van der Waals surface area contributed by atoms with Crippen molar-refractivity contribution in [2.75, 3.05) is 6.61 Å². The summed E-state index contributed by atoms with van der Waals surface area (Å²) in [5.41, 5.74) is 3.66. The Morgan fingerprint density at radius 1 is 1.18 bits per heavy atom. The number of benzene rings is 1. The smallest absolute Gasteiger partial charge is 0.125 e. The molecule has 0 spiro atoms. The number of ether oxygens (including phenoxy) is 1. The van der Waals surface area contributed by atoms with Crippen LogP contribution in [0.2, 0.25) is 0 Å². The van der Waals surface area contributed by atoms with E-state index in [9.17, 15) is 5.11 Å². The molecule has 17 heavy (non-hydrogen) atoms. The highest BCUT2D eigenvalue weighted by Gasteiger charge is 2.05. The molecule has 0 aliphatic carbocycles. The van der Waals surface area contributed by atoms with Crippen LogP contribution in [0.4, 0.5) is 0 Å². The highest BCUT2D eigenvalue weighted by atomic mass is 16.5.